The van der Waals surface area contributed by atoms with E-state index in [0.717, 1.165) is 40.3 Å². The molecular weight excluding hydrogens is 979 g/mol. The molecule has 9 heteroatoms. The average Bonchev–Trinajstić information content (AvgIpc) is 3.98. The number of hydrogen-bond acceptors (Lipinski definition) is 4. The third-order valence-electron chi connectivity index (χ3n) is 11.7. The first kappa shape index (κ1) is 32.2. The summed E-state index contributed by atoms with van der Waals surface area (Å²) in [6, 6.07) is 28.7. The SMILES string of the molecule is [2H]c1c([2H])c([2H])c(-c2cc(C(C)(C)C)cc(-c3c([2H])c([2H])c([2H])c([2H])c3[2H])c2-n2[c](=[Pt])n(-c3[c-]c(Oc4[c-]c5c(cc4)-c4cc(C(C)(C)C)nn4B(CC)N5c4cc(C)ccn4)ccc3)c3ccccc32)c([2H])c1[2H]. The summed E-state index contributed by atoms with van der Waals surface area (Å²) in [7, 11) is 0. The maximum atomic E-state index is 9.30. The first-order valence-electron chi connectivity index (χ1n) is 26.5. The Morgan fingerprint density at radius 1 is 0.708 bits per heavy atom. The summed E-state index contributed by atoms with van der Waals surface area (Å²) in [4.78, 5) is 7.00. The molecule has 0 fully saturated rings. The fourth-order valence-corrected chi connectivity index (χ4v) is 9.47. The van der Waals surface area contributed by atoms with Crippen molar-refractivity contribution in [2.45, 2.75) is 72.5 Å². The van der Waals surface area contributed by atoms with Crippen molar-refractivity contribution >= 4 is 29.5 Å². The van der Waals surface area contributed by atoms with Gasteiger partial charge in [0.05, 0.1) is 5.69 Å². The van der Waals surface area contributed by atoms with Gasteiger partial charge < -0.3 is 0 Å². The molecular formula is C56H51BN6OPt-2. The number of fused-ring (bicyclic) bond motifs is 4. The Morgan fingerprint density at radius 3 is 1.97 bits per heavy atom. The number of benzene rings is 6. The minimum atomic E-state index is -0.634. The maximum absolute atomic E-state index is 9.30. The van der Waals surface area contributed by atoms with Crippen molar-refractivity contribution in [2.75, 3.05) is 4.81 Å². The molecule has 3 aromatic heterocycles. The first-order chi connectivity index (χ1) is 35.4. The zero-order chi connectivity index (χ0) is 53.9. The number of anilines is 2. The van der Waals surface area contributed by atoms with E-state index in [9.17, 15) is 5.48 Å². The molecule has 0 amide bonds. The fraction of sp³-hybridized carbons (Fsp3) is 0.196. The van der Waals surface area contributed by atoms with Crippen molar-refractivity contribution in [3.63, 3.8) is 0 Å². The van der Waals surface area contributed by atoms with Crippen molar-refractivity contribution in [3.8, 4) is 56.4 Å². The zero-order valence-corrected chi connectivity index (χ0v) is 39.6. The fourth-order valence-electron chi connectivity index (χ4n) is 8.40. The van der Waals surface area contributed by atoms with E-state index in [-0.39, 0.29) is 40.3 Å². The van der Waals surface area contributed by atoms with Crippen molar-refractivity contribution in [1.29, 1.82) is 0 Å². The Bertz CT molecular complexity index is 3760. The van der Waals surface area contributed by atoms with Gasteiger partial charge in [-0.1, -0.05) is 27.7 Å². The molecule has 1 aliphatic heterocycles. The van der Waals surface area contributed by atoms with Crippen LogP contribution in [-0.2, 0) is 30.2 Å². The molecule has 6 aromatic carbocycles. The molecule has 10 rings (SSSR count). The molecule has 0 saturated carbocycles. The van der Waals surface area contributed by atoms with E-state index in [4.69, 9.17) is 23.0 Å². The number of para-hydroxylation sites is 2. The molecule has 0 unspecified atom stereocenters. The molecule has 4 heterocycles. The van der Waals surface area contributed by atoms with Gasteiger partial charge in [-0.25, -0.2) is 0 Å². The number of aromatic nitrogens is 5. The van der Waals surface area contributed by atoms with Crippen LogP contribution in [0.15, 0.2) is 152 Å². The van der Waals surface area contributed by atoms with E-state index in [2.05, 4.69) is 80.7 Å². The minimum absolute atomic E-state index is 0.111. The van der Waals surface area contributed by atoms with Crippen LogP contribution in [0.25, 0.3) is 55.9 Å². The summed E-state index contributed by atoms with van der Waals surface area (Å²) in [6.07, 6.45) is 2.53. The van der Waals surface area contributed by atoms with Crippen LogP contribution >= 0.6 is 0 Å². The Morgan fingerprint density at radius 2 is 1.35 bits per heavy atom. The van der Waals surface area contributed by atoms with Crippen LogP contribution < -0.4 is 9.55 Å². The molecule has 326 valence electrons. The summed E-state index contributed by atoms with van der Waals surface area (Å²) >= 11 is 2.17. The number of rotatable bonds is 8. The predicted molar refractivity (Wildman–Crippen MR) is 262 cm³/mol. The number of pyridine rings is 1. The van der Waals surface area contributed by atoms with Crippen LogP contribution in [0.2, 0.25) is 6.32 Å². The molecule has 7 nitrogen and oxygen atoms in total. The second-order valence-electron chi connectivity index (χ2n) is 18.2. The topological polar surface area (TPSA) is 53.0 Å². The molecule has 0 saturated heterocycles. The molecule has 65 heavy (non-hydrogen) atoms. The number of aryl methyl sites for hydroxylation is 1. The average molecular weight is 1040 g/mol. The van der Waals surface area contributed by atoms with Crippen LogP contribution in [0, 0.1) is 22.9 Å². The molecule has 0 atom stereocenters. The van der Waals surface area contributed by atoms with Crippen molar-refractivity contribution in [1.82, 2.24) is 23.8 Å². The molecule has 9 aromatic rings. The normalized spacial score (nSPS) is 14.9. The van der Waals surface area contributed by atoms with E-state index in [1.54, 1.807) is 24.4 Å². The number of nitrogens with zero attached hydrogens (tertiary/aromatic N) is 6. The van der Waals surface area contributed by atoms with E-state index < -0.39 is 65.8 Å². The Balaban J connectivity index is 1.19. The zero-order valence-electron chi connectivity index (χ0n) is 47.4. The van der Waals surface area contributed by atoms with Gasteiger partial charge in [0.25, 0.3) is 0 Å². The van der Waals surface area contributed by atoms with Crippen LogP contribution in [0.3, 0.4) is 0 Å². The molecule has 0 bridgehead atoms. The standard InChI is InChI=1S/C56H51BN6O.Pt/c1-9-57-62(53-31-38(2)29-30-58-53)50-35-44(27-28-45(50)51-36-52(56(6,7)8)59-63(51)57)64-43-24-18-23-42(34-43)60-37-61(49-26-17-16-25-48(49)60)54-46(39-19-12-10-13-20-39)32-41(55(3,4)5)33-47(54)40-21-14-11-15-22-40;/h10-33,36H,9H2,1-8H3;/q-2;/i10D,11D,12D,13D,14D,15D,19D,20D,21D,22D;. The van der Waals surface area contributed by atoms with Gasteiger partial charge in [-0.15, -0.1) is 0 Å². The quantitative estimate of drug-likeness (QED) is 0.112. The molecule has 0 spiro atoms. The van der Waals surface area contributed by atoms with Gasteiger partial charge in [0, 0.05) is 11.6 Å². The van der Waals surface area contributed by atoms with Crippen LogP contribution in [0.1, 0.15) is 79.0 Å². The predicted octanol–water partition coefficient (Wildman–Crippen LogP) is 13.9. The van der Waals surface area contributed by atoms with Gasteiger partial charge in [0.15, 0.2) is 0 Å². The summed E-state index contributed by atoms with van der Waals surface area (Å²) < 4.78 is 102. The van der Waals surface area contributed by atoms with Crippen LogP contribution in [0.5, 0.6) is 11.5 Å². The second kappa shape index (κ2) is 16.5. The molecule has 0 N–H and O–H groups in total. The second-order valence-corrected chi connectivity index (χ2v) is 19.2. The monoisotopic (exact) mass is 1040 g/mol. The number of imidazole rings is 1. The summed E-state index contributed by atoms with van der Waals surface area (Å²) in [5.74, 6) is 1.57. The van der Waals surface area contributed by atoms with E-state index in [1.165, 1.54) is 0 Å². The van der Waals surface area contributed by atoms with Gasteiger partial charge in [0.1, 0.15) is 0 Å². The van der Waals surface area contributed by atoms with Crippen LogP contribution in [-0.4, -0.2) is 30.8 Å². The van der Waals surface area contributed by atoms with Crippen LogP contribution in [0.4, 0.5) is 11.5 Å². The summed E-state index contributed by atoms with van der Waals surface area (Å²) in [6.45, 7) is 16.3. The Kier molecular flexibility index (Phi) is 8.17. The first-order valence-corrected chi connectivity index (χ1v) is 22.7. The van der Waals surface area contributed by atoms with Gasteiger partial charge in [-0.05, 0) is 18.6 Å². The third kappa shape index (κ3) is 7.72. The molecule has 1 aliphatic rings. The number of hydrogen-bond donors (Lipinski definition) is 0. The van der Waals surface area contributed by atoms with E-state index in [1.807, 2.05) is 91.4 Å². The van der Waals surface area contributed by atoms with Gasteiger partial charge in [-0.2, -0.15) is 5.10 Å². The van der Waals surface area contributed by atoms with E-state index >= 15 is 0 Å². The Hall–Kier alpha value is -6.50. The van der Waals surface area contributed by atoms with Gasteiger partial charge in [0.2, 0.25) is 0 Å². The molecule has 0 aliphatic carbocycles. The van der Waals surface area contributed by atoms with Crippen molar-refractivity contribution in [2.24, 2.45) is 0 Å². The van der Waals surface area contributed by atoms with E-state index in [0.29, 0.717) is 37.6 Å². The number of ether oxygens (including phenoxy) is 1. The van der Waals surface area contributed by atoms with Crippen molar-refractivity contribution in [3.05, 3.63) is 184 Å². The molecule has 0 radical (unpaired) electrons. The Labute approximate surface area is 407 Å². The van der Waals surface area contributed by atoms with Gasteiger partial charge >= 0.3 is 341 Å². The summed E-state index contributed by atoms with van der Waals surface area (Å²) in [5.41, 5.74) is 6.78. The van der Waals surface area contributed by atoms with Gasteiger partial charge in [-0.3, -0.25) is 0 Å². The van der Waals surface area contributed by atoms with Crippen molar-refractivity contribution < 1.29 is 37.8 Å². The summed E-state index contributed by atoms with van der Waals surface area (Å²) in [5, 5.41) is 5.15. The third-order valence-corrected chi connectivity index (χ3v) is 12.7.